The zero-order valence-electron chi connectivity index (χ0n) is 16.9. The van der Waals surface area contributed by atoms with Gasteiger partial charge in [-0.05, 0) is 48.2 Å². The van der Waals surface area contributed by atoms with Crippen molar-refractivity contribution in [2.75, 3.05) is 19.6 Å². The first-order valence-electron chi connectivity index (χ1n) is 10.2. The van der Waals surface area contributed by atoms with Gasteiger partial charge in [-0.1, -0.05) is 36.4 Å². The molecule has 8 nitrogen and oxygen atoms in total. The molecule has 0 saturated carbocycles. The van der Waals surface area contributed by atoms with Crippen LogP contribution in [-0.2, 0) is 11.3 Å². The smallest absolute Gasteiger partial charge is 0.267 e. The highest BCUT2D eigenvalue weighted by Gasteiger charge is 2.19. The van der Waals surface area contributed by atoms with E-state index in [0.29, 0.717) is 11.6 Å². The maximum absolute atomic E-state index is 12.3. The number of carbonyl (C=O) groups is 2. The molecule has 0 aliphatic carbocycles. The first-order valence-corrected chi connectivity index (χ1v) is 10.2. The average Bonchev–Trinajstić information content (AvgIpc) is 2.81. The number of amides is 2. The minimum Gasteiger partial charge on any atom is -0.339 e. The Kier molecular flexibility index (Phi) is 7.92. The summed E-state index contributed by atoms with van der Waals surface area (Å²) in [6.45, 7) is 2.86. The van der Waals surface area contributed by atoms with E-state index in [9.17, 15) is 9.59 Å². The van der Waals surface area contributed by atoms with E-state index in [1.165, 1.54) is 23.9 Å². The lowest BCUT2D eigenvalue weighted by Gasteiger charge is -2.24. The summed E-state index contributed by atoms with van der Waals surface area (Å²) in [6.07, 6.45) is 2.42. The highest BCUT2D eigenvalue weighted by atomic mass is 16.5. The molecule has 2 amide bonds. The summed E-state index contributed by atoms with van der Waals surface area (Å²) in [7, 11) is 0. The maximum atomic E-state index is 12.3. The van der Waals surface area contributed by atoms with Gasteiger partial charge in [0.05, 0.1) is 0 Å². The first-order chi connectivity index (χ1) is 14.6. The third-order valence-corrected chi connectivity index (χ3v) is 5.29. The molecule has 1 heterocycles. The Balaban J connectivity index is 1.57. The molecule has 1 unspecified atom stereocenters. The molecule has 1 aliphatic heterocycles. The standard InChI is InChI=1S/C22H29N5O3/c23-12-20(22(29)27-30)26-21(28)18-9-7-17(8-10-18)16-5-3-15(4-6-16)13-25-19-2-1-11-24-14-19/h3-10,19-20,24-25,30H,1-2,11-14,23H2,(H,26,28)(H,27,29)/t19?,20-/m0/s1. The van der Waals surface area contributed by atoms with Crippen molar-refractivity contribution >= 4 is 11.8 Å². The molecular formula is C22H29N5O3. The van der Waals surface area contributed by atoms with Crippen LogP contribution in [0.2, 0.25) is 0 Å². The summed E-state index contributed by atoms with van der Waals surface area (Å²) < 4.78 is 0. The SMILES string of the molecule is NC[C@H](NC(=O)c1ccc(-c2ccc(CNC3CCCNC3)cc2)cc1)C(=O)NO. The summed E-state index contributed by atoms with van der Waals surface area (Å²) in [5.41, 5.74) is 10.6. The lowest BCUT2D eigenvalue weighted by molar-refractivity contribution is -0.130. The fourth-order valence-electron chi connectivity index (χ4n) is 3.47. The van der Waals surface area contributed by atoms with Crippen LogP contribution in [0, 0.1) is 0 Å². The van der Waals surface area contributed by atoms with E-state index in [1.54, 1.807) is 12.1 Å². The highest BCUT2D eigenvalue weighted by molar-refractivity contribution is 5.97. The second-order valence-electron chi connectivity index (χ2n) is 7.44. The Morgan fingerprint density at radius 2 is 1.77 bits per heavy atom. The van der Waals surface area contributed by atoms with Crippen LogP contribution < -0.4 is 27.2 Å². The van der Waals surface area contributed by atoms with Crippen molar-refractivity contribution in [3.05, 3.63) is 59.7 Å². The van der Waals surface area contributed by atoms with Crippen LogP contribution in [-0.4, -0.2) is 48.7 Å². The van der Waals surface area contributed by atoms with Gasteiger partial charge in [-0.25, -0.2) is 5.48 Å². The third kappa shape index (κ3) is 5.87. The quantitative estimate of drug-likeness (QED) is 0.281. The molecule has 1 aliphatic rings. The molecule has 2 atom stereocenters. The van der Waals surface area contributed by atoms with E-state index >= 15 is 0 Å². The largest absolute Gasteiger partial charge is 0.339 e. The van der Waals surface area contributed by atoms with Crippen molar-refractivity contribution in [2.24, 2.45) is 5.73 Å². The number of benzene rings is 2. The third-order valence-electron chi connectivity index (χ3n) is 5.29. The predicted octanol–water partition coefficient (Wildman–Crippen LogP) is 0.758. The van der Waals surface area contributed by atoms with E-state index < -0.39 is 17.9 Å². The fraction of sp³-hybridized carbons (Fsp3) is 0.364. The molecule has 3 rings (SSSR count). The van der Waals surface area contributed by atoms with Gasteiger partial charge >= 0.3 is 0 Å². The minimum atomic E-state index is -0.993. The molecule has 0 bridgehead atoms. The zero-order chi connectivity index (χ0) is 21.3. The summed E-state index contributed by atoms with van der Waals surface area (Å²) in [6, 6.07) is 15.0. The van der Waals surface area contributed by atoms with E-state index in [0.717, 1.165) is 30.8 Å². The minimum absolute atomic E-state index is 0.116. The topological polar surface area (TPSA) is 129 Å². The lowest BCUT2D eigenvalue weighted by atomic mass is 10.0. The molecule has 0 spiro atoms. The predicted molar refractivity (Wildman–Crippen MR) is 115 cm³/mol. The van der Waals surface area contributed by atoms with E-state index in [4.69, 9.17) is 10.9 Å². The van der Waals surface area contributed by atoms with Gasteiger partial charge in [-0.3, -0.25) is 14.8 Å². The van der Waals surface area contributed by atoms with Crippen LogP contribution >= 0.6 is 0 Å². The van der Waals surface area contributed by atoms with E-state index in [2.05, 4.69) is 40.2 Å². The maximum Gasteiger partial charge on any atom is 0.267 e. The van der Waals surface area contributed by atoms with Crippen molar-refractivity contribution in [3.8, 4) is 11.1 Å². The van der Waals surface area contributed by atoms with Crippen LogP contribution in [0.5, 0.6) is 0 Å². The van der Waals surface area contributed by atoms with Crippen molar-refractivity contribution < 1.29 is 14.8 Å². The number of nitrogens with two attached hydrogens (primary N) is 1. The van der Waals surface area contributed by atoms with Gasteiger partial charge in [0.15, 0.2) is 0 Å². The monoisotopic (exact) mass is 411 g/mol. The van der Waals surface area contributed by atoms with Gasteiger partial charge in [0, 0.05) is 31.2 Å². The Labute approximate surface area is 176 Å². The van der Waals surface area contributed by atoms with Gasteiger partial charge in [0.2, 0.25) is 0 Å². The van der Waals surface area contributed by atoms with Crippen molar-refractivity contribution in [3.63, 3.8) is 0 Å². The molecule has 160 valence electrons. The molecule has 0 aromatic heterocycles. The Morgan fingerprint density at radius 3 is 2.33 bits per heavy atom. The van der Waals surface area contributed by atoms with Gasteiger partial charge < -0.3 is 21.7 Å². The molecular weight excluding hydrogens is 382 g/mol. The number of hydrogen-bond acceptors (Lipinski definition) is 6. The second-order valence-corrected chi connectivity index (χ2v) is 7.44. The summed E-state index contributed by atoms with van der Waals surface area (Å²) in [5.74, 6) is -1.18. The van der Waals surface area contributed by atoms with Gasteiger partial charge in [0.1, 0.15) is 6.04 Å². The van der Waals surface area contributed by atoms with E-state index in [1.807, 2.05) is 12.1 Å². The molecule has 7 N–H and O–H groups in total. The normalized spacial score (nSPS) is 17.2. The summed E-state index contributed by atoms with van der Waals surface area (Å²) >= 11 is 0. The lowest BCUT2D eigenvalue weighted by Crippen LogP contribution is -2.50. The Bertz CT molecular complexity index is 833. The number of nitrogens with one attached hydrogen (secondary N) is 4. The molecule has 30 heavy (non-hydrogen) atoms. The van der Waals surface area contributed by atoms with Crippen molar-refractivity contribution in [1.29, 1.82) is 0 Å². The molecule has 8 heteroatoms. The Morgan fingerprint density at radius 1 is 1.10 bits per heavy atom. The van der Waals surface area contributed by atoms with Gasteiger partial charge in [-0.15, -0.1) is 0 Å². The number of piperidine rings is 1. The second kappa shape index (κ2) is 10.8. The van der Waals surface area contributed by atoms with Crippen LogP contribution in [0.1, 0.15) is 28.8 Å². The average molecular weight is 412 g/mol. The zero-order valence-corrected chi connectivity index (χ0v) is 16.9. The molecule has 1 fully saturated rings. The highest BCUT2D eigenvalue weighted by Crippen LogP contribution is 2.20. The summed E-state index contributed by atoms with van der Waals surface area (Å²) in [5, 5.41) is 18.2. The molecule has 2 aromatic rings. The molecule has 1 saturated heterocycles. The summed E-state index contributed by atoms with van der Waals surface area (Å²) in [4.78, 5) is 23.7. The number of carbonyl (C=O) groups excluding carboxylic acids is 2. The fourth-order valence-corrected chi connectivity index (χ4v) is 3.47. The van der Waals surface area contributed by atoms with Crippen molar-refractivity contribution in [2.45, 2.75) is 31.5 Å². The van der Waals surface area contributed by atoms with Crippen LogP contribution in [0.25, 0.3) is 11.1 Å². The first kappa shape index (κ1) is 21.9. The molecule has 2 aromatic carbocycles. The Hall–Kier alpha value is -2.78. The van der Waals surface area contributed by atoms with Crippen LogP contribution in [0.4, 0.5) is 0 Å². The van der Waals surface area contributed by atoms with Crippen LogP contribution in [0.3, 0.4) is 0 Å². The van der Waals surface area contributed by atoms with Crippen LogP contribution in [0.15, 0.2) is 48.5 Å². The number of rotatable bonds is 8. The van der Waals surface area contributed by atoms with Gasteiger partial charge in [-0.2, -0.15) is 0 Å². The van der Waals surface area contributed by atoms with Crippen molar-refractivity contribution in [1.82, 2.24) is 21.4 Å². The molecule has 0 radical (unpaired) electrons. The van der Waals surface area contributed by atoms with E-state index in [-0.39, 0.29) is 6.54 Å². The van der Waals surface area contributed by atoms with Gasteiger partial charge in [0.25, 0.3) is 11.8 Å². The number of hydrogen-bond donors (Lipinski definition) is 6. The number of hydroxylamine groups is 1.